The Labute approximate surface area is 107 Å². The van der Waals surface area contributed by atoms with Crippen LogP contribution in [-0.4, -0.2) is 25.5 Å². The molecule has 1 aliphatic rings. The van der Waals surface area contributed by atoms with Crippen LogP contribution in [0.2, 0.25) is 0 Å². The molecule has 0 atom stereocenters. The molecule has 0 aromatic heterocycles. The molecule has 19 heavy (non-hydrogen) atoms. The Hall–Kier alpha value is -2.23. The van der Waals surface area contributed by atoms with Gasteiger partial charge < -0.3 is 10.2 Å². The van der Waals surface area contributed by atoms with E-state index >= 15 is 0 Å². The van der Waals surface area contributed by atoms with E-state index in [1.54, 1.807) is 6.07 Å². The lowest BCUT2D eigenvalue weighted by atomic mass is 10.1. The predicted octanol–water partition coefficient (Wildman–Crippen LogP) is 1.51. The minimum absolute atomic E-state index is 0.124. The van der Waals surface area contributed by atoms with Gasteiger partial charge in [0.05, 0.1) is 29.4 Å². The van der Waals surface area contributed by atoms with Crippen LogP contribution >= 0.6 is 0 Å². The van der Waals surface area contributed by atoms with Gasteiger partial charge in [-0.15, -0.1) is 0 Å². The van der Waals surface area contributed by atoms with Crippen LogP contribution in [0.5, 0.6) is 0 Å². The molecule has 1 amide bonds. The average molecular weight is 269 g/mol. The van der Waals surface area contributed by atoms with Crippen LogP contribution in [0.25, 0.3) is 0 Å². The minimum Gasteiger partial charge on any atom is -0.360 e. The van der Waals surface area contributed by atoms with Crippen molar-refractivity contribution in [2.75, 3.05) is 24.5 Å². The van der Waals surface area contributed by atoms with E-state index in [4.69, 9.17) is 5.26 Å². The van der Waals surface area contributed by atoms with Crippen molar-refractivity contribution in [3.63, 3.8) is 0 Å². The van der Waals surface area contributed by atoms with Gasteiger partial charge >= 0.3 is 6.18 Å². The number of hydrogen-bond acceptors (Lipinski definition) is 3. The number of carbonyl (C=O) groups excluding carboxylic acids is 1. The minimum atomic E-state index is -4.52. The summed E-state index contributed by atoms with van der Waals surface area (Å²) < 4.78 is 38.8. The van der Waals surface area contributed by atoms with Crippen LogP contribution in [-0.2, 0) is 11.0 Å². The summed E-state index contributed by atoms with van der Waals surface area (Å²) in [7, 11) is 0. The monoisotopic (exact) mass is 269 g/mol. The Morgan fingerprint density at radius 3 is 2.68 bits per heavy atom. The number of carbonyl (C=O) groups is 1. The number of nitrogens with zero attached hydrogens (tertiary/aromatic N) is 2. The fourth-order valence-electron chi connectivity index (χ4n) is 1.95. The Balaban J connectivity index is 2.46. The summed E-state index contributed by atoms with van der Waals surface area (Å²) >= 11 is 0. The van der Waals surface area contributed by atoms with Gasteiger partial charge in [0.25, 0.3) is 0 Å². The zero-order chi connectivity index (χ0) is 14.0. The molecular weight excluding hydrogens is 259 g/mol. The Kier molecular flexibility index (Phi) is 3.34. The largest absolute Gasteiger partial charge is 0.418 e. The lowest BCUT2D eigenvalue weighted by Crippen LogP contribution is -2.48. The second-order valence-electron chi connectivity index (χ2n) is 4.11. The SMILES string of the molecule is N#Cc1ccc(C(F)(F)F)c(N2CCNC(=O)C2)c1. The van der Waals surface area contributed by atoms with E-state index in [1.807, 2.05) is 0 Å². The molecule has 0 radical (unpaired) electrons. The van der Waals surface area contributed by atoms with Gasteiger partial charge in [-0.1, -0.05) is 0 Å². The van der Waals surface area contributed by atoms with Crippen LogP contribution in [0, 0.1) is 11.3 Å². The van der Waals surface area contributed by atoms with E-state index in [0.717, 1.165) is 12.1 Å². The fraction of sp³-hybridized carbons (Fsp3) is 0.333. The van der Waals surface area contributed by atoms with Crippen molar-refractivity contribution in [3.05, 3.63) is 29.3 Å². The van der Waals surface area contributed by atoms with Crippen molar-refractivity contribution in [3.8, 4) is 6.07 Å². The van der Waals surface area contributed by atoms with Crippen LogP contribution < -0.4 is 10.2 Å². The summed E-state index contributed by atoms with van der Waals surface area (Å²) in [5.74, 6) is -0.332. The molecule has 1 aliphatic heterocycles. The van der Waals surface area contributed by atoms with Crippen LogP contribution in [0.1, 0.15) is 11.1 Å². The number of anilines is 1. The normalized spacial score (nSPS) is 15.9. The maximum absolute atomic E-state index is 12.9. The number of rotatable bonds is 1. The number of piperazine rings is 1. The quantitative estimate of drug-likeness (QED) is 0.840. The van der Waals surface area contributed by atoms with Gasteiger partial charge in [0, 0.05) is 13.1 Å². The highest BCUT2D eigenvalue weighted by molar-refractivity contribution is 5.83. The first-order valence-electron chi connectivity index (χ1n) is 5.55. The molecule has 1 fully saturated rings. The van der Waals surface area contributed by atoms with Crippen molar-refractivity contribution in [2.24, 2.45) is 0 Å². The summed E-state index contributed by atoms with van der Waals surface area (Å²) in [5, 5.41) is 11.3. The van der Waals surface area contributed by atoms with Gasteiger partial charge in [0.2, 0.25) is 5.91 Å². The lowest BCUT2D eigenvalue weighted by molar-refractivity contribution is -0.137. The molecule has 4 nitrogen and oxygen atoms in total. The number of alkyl halides is 3. The fourth-order valence-corrected chi connectivity index (χ4v) is 1.95. The van der Waals surface area contributed by atoms with E-state index < -0.39 is 11.7 Å². The predicted molar refractivity (Wildman–Crippen MR) is 61.4 cm³/mol. The molecule has 0 bridgehead atoms. The Morgan fingerprint density at radius 2 is 2.11 bits per heavy atom. The van der Waals surface area contributed by atoms with Gasteiger partial charge in [-0.2, -0.15) is 18.4 Å². The Morgan fingerprint density at radius 1 is 1.37 bits per heavy atom. The molecular formula is C12H10F3N3O. The number of nitrogens with one attached hydrogen (secondary N) is 1. The second kappa shape index (κ2) is 4.80. The summed E-state index contributed by atoms with van der Waals surface area (Å²) in [5.41, 5.74) is -0.823. The molecule has 0 spiro atoms. The number of benzene rings is 1. The molecule has 1 aromatic carbocycles. The molecule has 7 heteroatoms. The first kappa shape index (κ1) is 13.2. The van der Waals surface area contributed by atoms with E-state index in [1.165, 1.54) is 11.0 Å². The van der Waals surface area contributed by atoms with Crippen molar-refractivity contribution < 1.29 is 18.0 Å². The summed E-state index contributed by atoms with van der Waals surface area (Å²) in [6.07, 6.45) is -4.52. The van der Waals surface area contributed by atoms with Gasteiger partial charge in [-0.25, -0.2) is 0 Å². The topological polar surface area (TPSA) is 56.1 Å². The van der Waals surface area contributed by atoms with E-state index in [0.29, 0.717) is 0 Å². The van der Waals surface area contributed by atoms with E-state index in [9.17, 15) is 18.0 Å². The molecule has 1 saturated heterocycles. The zero-order valence-electron chi connectivity index (χ0n) is 9.79. The third-order valence-electron chi connectivity index (χ3n) is 2.81. The molecule has 2 rings (SSSR count). The molecule has 1 aromatic rings. The molecule has 0 saturated carbocycles. The van der Waals surface area contributed by atoms with E-state index in [-0.39, 0.29) is 36.8 Å². The number of hydrogen-bond donors (Lipinski definition) is 1. The molecule has 0 aliphatic carbocycles. The lowest BCUT2D eigenvalue weighted by Gasteiger charge is -2.30. The van der Waals surface area contributed by atoms with Crippen molar-refractivity contribution >= 4 is 11.6 Å². The highest BCUT2D eigenvalue weighted by Gasteiger charge is 2.35. The summed E-state index contributed by atoms with van der Waals surface area (Å²) in [6.45, 7) is 0.425. The molecule has 1 N–H and O–H groups in total. The second-order valence-corrected chi connectivity index (χ2v) is 4.11. The van der Waals surface area contributed by atoms with Gasteiger partial charge in [0.15, 0.2) is 0 Å². The third-order valence-corrected chi connectivity index (χ3v) is 2.81. The average Bonchev–Trinajstić information content (AvgIpc) is 2.37. The summed E-state index contributed by atoms with van der Waals surface area (Å²) in [4.78, 5) is 12.6. The van der Waals surface area contributed by atoms with Crippen LogP contribution in [0.3, 0.4) is 0 Å². The van der Waals surface area contributed by atoms with E-state index in [2.05, 4.69) is 5.32 Å². The van der Waals surface area contributed by atoms with Crippen LogP contribution in [0.15, 0.2) is 18.2 Å². The molecule has 0 unspecified atom stereocenters. The molecule has 100 valence electrons. The number of nitriles is 1. The molecule has 1 heterocycles. The van der Waals surface area contributed by atoms with Crippen molar-refractivity contribution in [2.45, 2.75) is 6.18 Å². The smallest absolute Gasteiger partial charge is 0.360 e. The maximum atomic E-state index is 12.9. The van der Waals surface area contributed by atoms with Gasteiger partial charge in [0.1, 0.15) is 0 Å². The first-order valence-corrected chi connectivity index (χ1v) is 5.55. The van der Waals surface area contributed by atoms with Gasteiger partial charge in [-0.05, 0) is 18.2 Å². The van der Waals surface area contributed by atoms with Crippen LogP contribution in [0.4, 0.5) is 18.9 Å². The number of amides is 1. The van der Waals surface area contributed by atoms with Gasteiger partial charge in [-0.3, -0.25) is 4.79 Å². The highest BCUT2D eigenvalue weighted by atomic mass is 19.4. The zero-order valence-corrected chi connectivity index (χ0v) is 9.79. The third kappa shape index (κ3) is 2.78. The summed E-state index contributed by atoms with van der Waals surface area (Å²) in [6, 6.07) is 4.97. The highest BCUT2D eigenvalue weighted by Crippen LogP contribution is 2.37. The first-order chi connectivity index (χ1) is 8.91. The standard InChI is InChI=1S/C12H10F3N3O/c13-12(14,15)9-2-1-8(6-16)5-10(9)18-4-3-17-11(19)7-18/h1-2,5H,3-4,7H2,(H,17,19). The maximum Gasteiger partial charge on any atom is 0.418 e. The van der Waals surface area contributed by atoms with Crippen molar-refractivity contribution in [1.82, 2.24) is 5.32 Å². The van der Waals surface area contributed by atoms with Crippen molar-refractivity contribution in [1.29, 1.82) is 5.26 Å². The Bertz CT molecular complexity index is 548. The number of halogens is 3.